The Balaban J connectivity index is 2.18. The van der Waals surface area contributed by atoms with Gasteiger partial charge in [0.15, 0.2) is 0 Å². The molecule has 0 aromatic heterocycles. The van der Waals surface area contributed by atoms with Crippen LogP contribution in [0.25, 0.3) is 0 Å². The largest absolute Gasteiger partial charge is 0.367 e. The van der Waals surface area contributed by atoms with Crippen molar-refractivity contribution < 1.29 is 0 Å². The number of para-hydroxylation sites is 1. The number of thioether (sulfide) groups is 1. The predicted octanol–water partition coefficient (Wildman–Crippen LogP) is 3.35. The van der Waals surface area contributed by atoms with E-state index in [4.69, 9.17) is 0 Å². The summed E-state index contributed by atoms with van der Waals surface area (Å²) in [5.74, 6) is 0. The van der Waals surface area contributed by atoms with E-state index < -0.39 is 0 Å². The summed E-state index contributed by atoms with van der Waals surface area (Å²) in [6.45, 7) is 0. The molecule has 0 bridgehead atoms. The average molecular weight is 231 g/mol. The van der Waals surface area contributed by atoms with Crippen LogP contribution in [0.4, 0.5) is 5.69 Å². The smallest absolute Gasteiger partial charge is 0.0626 e. The van der Waals surface area contributed by atoms with Gasteiger partial charge in [0.05, 0.1) is 6.04 Å². The lowest BCUT2D eigenvalue weighted by atomic mass is 10.1. The van der Waals surface area contributed by atoms with E-state index >= 15 is 0 Å². The molecule has 1 aromatic carbocycles. The van der Waals surface area contributed by atoms with Crippen LogP contribution < -0.4 is 4.90 Å². The number of nitrogens with zero attached hydrogens (tertiary/aromatic N) is 1. The number of anilines is 1. The van der Waals surface area contributed by atoms with E-state index in [1.54, 1.807) is 0 Å². The Hall–Kier alpha value is -1.15. The predicted molar refractivity (Wildman–Crippen MR) is 74.2 cm³/mol. The van der Waals surface area contributed by atoms with Crippen LogP contribution in [-0.4, -0.2) is 24.6 Å². The summed E-state index contributed by atoms with van der Waals surface area (Å²) in [4.78, 5) is 2.33. The zero-order chi connectivity index (χ0) is 11.4. The first-order valence-electron chi connectivity index (χ1n) is 5.48. The molecule has 0 N–H and O–H groups in total. The molecular weight excluding hydrogens is 214 g/mol. The maximum atomic E-state index is 2.33. The maximum absolute atomic E-state index is 2.33. The van der Waals surface area contributed by atoms with Crippen molar-refractivity contribution in [2.24, 2.45) is 0 Å². The first-order chi connectivity index (χ1) is 7.83. The second kappa shape index (κ2) is 5.26. The summed E-state index contributed by atoms with van der Waals surface area (Å²) >= 11 is 1.90. The molecule has 1 aliphatic carbocycles. The molecule has 1 aliphatic rings. The summed E-state index contributed by atoms with van der Waals surface area (Å²) in [6.07, 6.45) is 11.0. The van der Waals surface area contributed by atoms with Gasteiger partial charge in [-0.05, 0) is 18.4 Å². The molecule has 0 radical (unpaired) electrons. The number of benzene rings is 1. The van der Waals surface area contributed by atoms with E-state index in [0.717, 1.165) is 0 Å². The van der Waals surface area contributed by atoms with Gasteiger partial charge in [-0.15, -0.1) is 0 Å². The Bertz CT molecular complexity index is 383. The van der Waals surface area contributed by atoms with Crippen LogP contribution in [0.3, 0.4) is 0 Å². The average Bonchev–Trinajstić information content (AvgIpc) is 2.39. The van der Waals surface area contributed by atoms with Crippen molar-refractivity contribution in [1.82, 2.24) is 0 Å². The van der Waals surface area contributed by atoms with E-state index in [0.29, 0.717) is 11.3 Å². The van der Waals surface area contributed by atoms with Crippen LogP contribution in [0.1, 0.15) is 0 Å². The fourth-order valence-electron chi connectivity index (χ4n) is 1.98. The van der Waals surface area contributed by atoms with E-state index in [1.165, 1.54) is 5.69 Å². The highest BCUT2D eigenvalue weighted by molar-refractivity contribution is 7.99. The molecule has 0 spiro atoms. The molecule has 0 heterocycles. The van der Waals surface area contributed by atoms with Crippen LogP contribution in [0.2, 0.25) is 0 Å². The highest BCUT2D eigenvalue weighted by Crippen LogP contribution is 2.25. The Morgan fingerprint density at radius 2 is 1.75 bits per heavy atom. The molecule has 1 aromatic rings. The molecular formula is C14H17NS. The summed E-state index contributed by atoms with van der Waals surface area (Å²) < 4.78 is 0. The van der Waals surface area contributed by atoms with Crippen molar-refractivity contribution in [2.45, 2.75) is 11.3 Å². The van der Waals surface area contributed by atoms with Gasteiger partial charge in [0.2, 0.25) is 0 Å². The minimum Gasteiger partial charge on any atom is -0.367 e. The van der Waals surface area contributed by atoms with E-state index in [-0.39, 0.29) is 0 Å². The lowest BCUT2D eigenvalue weighted by molar-refractivity contribution is 0.767. The summed E-state index contributed by atoms with van der Waals surface area (Å²) in [7, 11) is 2.16. The number of rotatable bonds is 3. The second-order valence-electron chi connectivity index (χ2n) is 3.91. The monoisotopic (exact) mass is 231 g/mol. The van der Waals surface area contributed by atoms with Gasteiger partial charge in [-0.3, -0.25) is 0 Å². The molecule has 16 heavy (non-hydrogen) atoms. The first-order valence-corrected chi connectivity index (χ1v) is 6.77. The van der Waals surface area contributed by atoms with Crippen LogP contribution >= 0.6 is 11.8 Å². The van der Waals surface area contributed by atoms with Crippen LogP contribution in [0, 0.1) is 0 Å². The van der Waals surface area contributed by atoms with Crippen molar-refractivity contribution in [3.05, 3.63) is 54.6 Å². The fraction of sp³-hybridized carbons (Fsp3) is 0.286. The third-order valence-electron chi connectivity index (χ3n) is 2.94. The van der Waals surface area contributed by atoms with Gasteiger partial charge < -0.3 is 4.90 Å². The maximum Gasteiger partial charge on any atom is 0.0626 e. The Morgan fingerprint density at radius 1 is 1.06 bits per heavy atom. The van der Waals surface area contributed by atoms with Crippen LogP contribution in [-0.2, 0) is 0 Å². The normalized spacial score (nSPS) is 23.4. The quantitative estimate of drug-likeness (QED) is 0.785. The van der Waals surface area contributed by atoms with Crippen LogP contribution in [0.5, 0.6) is 0 Å². The van der Waals surface area contributed by atoms with Gasteiger partial charge in [0.1, 0.15) is 0 Å². The van der Waals surface area contributed by atoms with Gasteiger partial charge in [-0.25, -0.2) is 0 Å². The highest BCUT2D eigenvalue weighted by Gasteiger charge is 2.21. The van der Waals surface area contributed by atoms with Crippen molar-refractivity contribution in [2.75, 3.05) is 18.2 Å². The minimum atomic E-state index is 0.447. The number of hydrogen-bond donors (Lipinski definition) is 0. The topological polar surface area (TPSA) is 3.24 Å². The Morgan fingerprint density at radius 3 is 2.44 bits per heavy atom. The van der Waals surface area contributed by atoms with Crippen molar-refractivity contribution in [3.63, 3.8) is 0 Å². The van der Waals surface area contributed by atoms with E-state index in [2.05, 4.69) is 72.8 Å². The molecule has 0 aliphatic heterocycles. The van der Waals surface area contributed by atoms with E-state index in [1.807, 2.05) is 11.8 Å². The molecule has 2 atom stereocenters. The van der Waals surface area contributed by atoms with Gasteiger partial charge in [0, 0.05) is 18.0 Å². The zero-order valence-corrected chi connectivity index (χ0v) is 10.5. The molecule has 0 saturated heterocycles. The fourth-order valence-corrected chi connectivity index (χ4v) is 2.78. The number of hydrogen-bond acceptors (Lipinski definition) is 2. The molecule has 2 rings (SSSR count). The number of allylic oxidation sites excluding steroid dienone is 2. The molecule has 0 saturated carbocycles. The van der Waals surface area contributed by atoms with Gasteiger partial charge in [-0.1, -0.05) is 42.5 Å². The zero-order valence-electron chi connectivity index (χ0n) is 9.71. The molecule has 1 nitrogen and oxygen atoms in total. The third kappa shape index (κ3) is 2.33. The molecule has 2 unspecified atom stereocenters. The van der Waals surface area contributed by atoms with Crippen molar-refractivity contribution in [1.29, 1.82) is 0 Å². The lowest BCUT2D eigenvalue weighted by Gasteiger charge is -2.33. The summed E-state index contributed by atoms with van der Waals surface area (Å²) in [5, 5.41) is 0.537. The SMILES string of the molecule is CSC1C=CC=CC1N(C)c1ccccc1. The van der Waals surface area contributed by atoms with Gasteiger partial charge in [-0.2, -0.15) is 11.8 Å². The Labute approximate surface area is 102 Å². The van der Waals surface area contributed by atoms with Crippen molar-refractivity contribution in [3.8, 4) is 0 Å². The highest BCUT2D eigenvalue weighted by atomic mass is 32.2. The molecule has 0 amide bonds. The van der Waals surface area contributed by atoms with Crippen molar-refractivity contribution >= 4 is 17.4 Å². The van der Waals surface area contributed by atoms with Crippen LogP contribution in [0.15, 0.2) is 54.6 Å². The number of likely N-dealkylation sites (N-methyl/N-ethyl adjacent to an activating group) is 1. The standard InChI is InChI=1S/C14H17NS/c1-15(12-8-4-3-5-9-12)13-10-6-7-11-14(13)16-2/h3-11,13-14H,1-2H3. The summed E-state index contributed by atoms with van der Waals surface area (Å²) in [6, 6.07) is 11.0. The minimum absolute atomic E-state index is 0.447. The summed E-state index contributed by atoms with van der Waals surface area (Å²) in [5.41, 5.74) is 1.27. The first kappa shape index (κ1) is 11.3. The lowest BCUT2D eigenvalue weighted by Crippen LogP contribution is -2.38. The molecule has 84 valence electrons. The molecule has 2 heteroatoms. The third-order valence-corrected chi connectivity index (χ3v) is 3.92. The van der Waals surface area contributed by atoms with Gasteiger partial charge >= 0.3 is 0 Å². The van der Waals surface area contributed by atoms with Gasteiger partial charge in [0.25, 0.3) is 0 Å². The van der Waals surface area contributed by atoms with E-state index in [9.17, 15) is 0 Å². The second-order valence-corrected chi connectivity index (χ2v) is 4.92. The molecule has 0 fully saturated rings. The Kier molecular flexibility index (Phi) is 3.73.